The van der Waals surface area contributed by atoms with Crippen molar-refractivity contribution < 1.29 is 13.2 Å². The number of amides is 1. The highest BCUT2D eigenvalue weighted by atomic mass is 32.2. The third kappa shape index (κ3) is 4.77. The Morgan fingerprint density at radius 1 is 1.32 bits per heavy atom. The topological polar surface area (TPSA) is 101 Å². The molecule has 1 amide bonds. The molecule has 0 aliphatic carbocycles. The zero-order valence-electron chi connectivity index (χ0n) is 19.7. The van der Waals surface area contributed by atoms with Crippen LogP contribution < -0.4 is 0 Å². The zero-order chi connectivity index (χ0) is 24.5. The smallest absolute Gasteiger partial charge is 0.246 e. The largest absolute Gasteiger partial charge is 0.346 e. The summed E-state index contributed by atoms with van der Waals surface area (Å²) >= 11 is 0. The van der Waals surface area contributed by atoms with Gasteiger partial charge in [-0.25, -0.2) is 8.42 Å². The molecule has 34 heavy (non-hydrogen) atoms. The summed E-state index contributed by atoms with van der Waals surface area (Å²) in [5, 5.41) is 14.6. The van der Waals surface area contributed by atoms with E-state index in [0.717, 1.165) is 33.4 Å². The lowest BCUT2D eigenvalue weighted by molar-refractivity contribution is -0.125. The van der Waals surface area contributed by atoms with Gasteiger partial charge < -0.3 is 9.47 Å². The van der Waals surface area contributed by atoms with Crippen LogP contribution in [-0.4, -0.2) is 52.1 Å². The molecule has 3 heterocycles. The molecule has 3 aromatic rings. The minimum absolute atomic E-state index is 0.119. The number of carbonyl (C=O) groups excluding carboxylic acids is 1. The van der Waals surface area contributed by atoms with Gasteiger partial charge in [-0.1, -0.05) is 18.2 Å². The van der Waals surface area contributed by atoms with E-state index in [-0.39, 0.29) is 23.5 Å². The van der Waals surface area contributed by atoms with E-state index in [9.17, 15) is 13.2 Å². The van der Waals surface area contributed by atoms with E-state index < -0.39 is 9.84 Å². The second kappa shape index (κ2) is 9.47. The summed E-state index contributed by atoms with van der Waals surface area (Å²) < 4.78 is 27.6. The average Bonchev–Trinajstić information content (AvgIpc) is 3.44. The molecule has 1 unspecified atom stereocenters. The maximum atomic E-state index is 12.9. The van der Waals surface area contributed by atoms with Crippen LogP contribution >= 0.6 is 0 Å². The van der Waals surface area contributed by atoms with Crippen LogP contribution in [0.2, 0.25) is 0 Å². The number of nitriles is 1. The number of fused-ring (bicyclic) bond motifs is 1. The number of hydrogen-bond acceptors (Lipinski definition) is 5. The van der Waals surface area contributed by atoms with Crippen LogP contribution in [0.5, 0.6) is 0 Å². The standard InChI is InChI=1S/C25H29N5O3S/c1-18-23(19(2)30(27-18)21-11-14-34(32,33)17-21)16-28(3)25(31)10-9-20-15-29(13-6-12-26)24-8-5-4-7-22(20)24/h4-5,7-10,15,21H,6,11,13-14,16-17H2,1-3H3. The van der Waals surface area contributed by atoms with Gasteiger partial charge in [-0.2, -0.15) is 10.4 Å². The molecule has 1 aliphatic heterocycles. The summed E-state index contributed by atoms with van der Waals surface area (Å²) in [7, 11) is -1.26. The van der Waals surface area contributed by atoms with E-state index in [0.29, 0.717) is 25.9 Å². The van der Waals surface area contributed by atoms with Crippen LogP contribution in [0.4, 0.5) is 0 Å². The number of benzene rings is 1. The zero-order valence-corrected chi connectivity index (χ0v) is 20.5. The fraction of sp³-hybridized carbons (Fsp3) is 0.400. The van der Waals surface area contributed by atoms with Crippen LogP contribution in [-0.2, 0) is 27.7 Å². The van der Waals surface area contributed by atoms with Crippen molar-refractivity contribution in [1.29, 1.82) is 5.26 Å². The van der Waals surface area contributed by atoms with Gasteiger partial charge in [0.25, 0.3) is 0 Å². The molecule has 8 nitrogen and oxygen atoms in total. The predicted octanol–water partition coefficient (Wildman–Crippen LogP) is 3.40. The van der Waals surface area contributed by atoms with Crippen molar-refractivity contribution in [3.05, 3.63) is 59.1 Å². The summed E-state index contributed by atoms with van der Waals surface area (Å²) in [6.45, 7) is 4.82. The Bertz CT molecular complexity index is 1410. The number of likely N-dealkylation sites (N-methyl/N-ethyl adjacent to an activating group) is 1. The molecule has 1 aliphatic rings. The molecule has 4 rings (SSSR count). The first-order valence-corrected chi connectivity index (χ1v) is 13.2. The van der Waals surface area contributed by atoms with Gasteiger partial charge in [0.2, 0.25) is 5.91 Å². The molecule has 9 heteroatoms. The second-order valence-corrected chi connectivity index (χ2v) is 11.1. The van der Waals surface area contributed by atoms with Gasteiger partial charge >= 0.3 is 0 Å². The van der Waals surface area contributed by atoms with Crippen molar-refractivity contribution in [3.63, 3.8) is 0 Å². The molecule has 1 fully saturated rings. The van der Waals surface area contributed by atoms with E-state index >= 15 is 0 Å². The fourth-order valence-electron chi connectivity index (χ4n) is 4.62. The number of carbonyl (C=O) groups is 1. The van der Waals surface area contributed by atoms with E-state index in [1.807, 2.05) is 59.6 Å². The minimum Gasteiger partial charge on any atom is -0.346 e. The van der Waals surface area contributed by atoms with Crippen LogP contribution in [0.3, 0.4) is 0 Å². The third-order valence-electron chi connectivity index (χ3n) is 6.49. The van der Waals surface area contributed by atoms with Crippen LogP contribution in [0.1, 0.15) is 41.4 Å². The lowest BCUT2D eigenvalue weighted by Gasteiger charge is -2.16. The molecular formula is C25H29N5O3S. The normalized spacial score (nSPS) is 17.4. The highest BCUT2D eigenvalue weighted by Crippen LogP contribution is 2.27. The Kier molecular flexibility index (Phi) is 6.62. The number of aryl methyl sites for hydroxylation is 2. The molecule has 0 N–H and O–H groups in total. The minimum atomic E-state index is -3.01. The number of para-hydroxylation sites is 1. The SMILES string of the molecule is Cc1nn(C2CCS(=O)(=O)C2)c(C)c1CN(C)C(=O)C=Cc1cn(CCC#N)c2ccccc12. The quantitative estimate of drug-likeness (QED) is 0.484. The van der Waals surface area contributed by atoms with Gasteiger partial charge in [-0.15, -0.1) is 0 Å². The number of nitrogens with zero attached hydrogens (tertiary/aromatic N) is 5. The van der Waals surface area contributed by atoms with Crippen molar-refractivity contribution in [2.75, 3.05) is 18.6 Å². The number of aromatic nitrogens is 3. The van der Waals surface area contributed by atoms with E-state index in [2.05, 4.69) is 11.2 Å². The van der Waals surface area contributed by atoms with E-state index in [1.165, 1.54) is 0 Å². The van der Waals surface area contributed by atoms with Crippen molar-refractivity contribution in [1.82, 2.24) is 19.2 Å². The summed E-state index contributed by atoms with van der Waals surface area (Å²) in [6.07, 6.45) is 6.34. The molecule has 1 atom stereocenters. The Morgan fingerprint density at radius 3 is 2.79 bits per heavy atom. The highest BCUT2D eigenvalue weighted by molar-refractivity contribution is 7.91. The number of rotatable bonds is 7. The Labute approximate surface area is 200 Å². The lowest BCUT2D eigenvalue weighted by atomic mass is 10.1. The summed E-state index contributed by atoms with van der Waals surface area (Å²) in [4.78, 5) is 14.5. The second-order valence-electron chi connectivity index (χ2n) is 8.88. The van der Waals surface area contributed by atoms with Crippen molar-refractivity contribution in [2.24, 2.45) is 0 Å². The Balaban J connectivity index is 1.50. The predicted molar refractivity (Wildman–Crippen MR) is 132 cm³/mol. The van der Waals surface area contributed by atoms with Gasteiger partial charge in [-0.05, 0) is 32.4 Å². The first-order chi connectivity index (χ1) is 16.2. The third-order valence-corrected chi connectivity index (χ3v) is 8.24. The van der Waals surface area contributed by atoms with Gasteiger partial charge in [0.1, 0.15) is 0 Å². The molecule has 1 saturated heterocycles. The lowest BCUT2D eigenvalue weighted by Crippen LogP contribution is -2.24. The first-order valence-electron chi connectivity index (χ1n) is 11.3. The summed E-state index contributed by atoms with van der Waals surface area (Å²) in [5.41, 5.74) is 4.63. The maximum absolute atomic E-state index is 12.9. The van der Waals surface area contributed by atoms with Crippen LogP contribution in [0.25, 0.3) is 17.0 Å². The summed E-state index contributed by atoms with van der Waals surface area (Å²) in [5.74, 6) is 0.179. The summed E-state index contributed by atoms with van der Waals surface area (Å²) in [6, 6.07) is 9.97. The van der Waals surface area contributed by atoms with Gasteiger partial charge in [-0.3, -0.25) is 9.48 Å². The van der Waals surface area contributed by atoms with Crippen molar-refractivity contribution in [2.45, 2.75) is 45.8 Å². The van der Waals surface area contributed by atoms with Crippen molar-refractivity contribution >= 4 is 32.7 Å². The molecule has 0 radical (unpaired) electrons. The monoisotopic (exact) mass is 479 g/mol. The molecule has 2 aromatic heterocycles. The number of sulfone groups is 1. The van der Waals surface area contributed by atoms with Crippen LogP contribution in [0, 0.1) is 25.2 Å². The first kappa shape index (κ1) is 23.8. The molecule has 0 spiro atoms. The van der Waals surface area contributed by atoms with Gasteiger partial charge in [0, 0.05) is 60.1 Å². The fourth-order valence-corrected chi connectivity index (χ4v) is 6.31. The van der Waals surface area contributed by atoms with Crippen LogP contribution in [0.15, 0.2) is 36.5 Å². The molecule has 0 bridgehead atoms. The molecule has 1 aromatic carbocycles. The number of hydrogen-bond donors (Lipinski definition) is 0. The van der Waals surface area contributed by atoms with Gasteiger partial charge in [0.05, 0.1) is 35.7 Å². The van der Waals surface area contributed by atoms with E-state index in [1.54, 1.807) is 18.0 Å². The molecule has 178 valence electrons. The van der Waals surface area contributed by atoms with Crippen molar-refractivity contribution in [3.8, 4) is 6.07 Å². The van der Waals surface area contributed by atoms with E-state index in [4.69, 9.17) is 5.26 Å². The van der Waals surface area contributed by atoms with Gasteiger partial charge in [0.15, 0.2) is 9.84 Å². The Morgan fingerprint density at radius 2 is 2.09 bits per heavy atom. The highest BCUT2D eigenvalue weighted by Gasteiger charge is 2.31. The average molecular weight is 480 g/mol. The Hall–Kier alpha value is -3.38. The molecular weight excluding hydrogens is 450 g/mol. The maximum Gasteiger partial charge on any atom is 0.246 e. The molecule has 0 saturated carbocycles.